The SMILES string of the molecule is [2H]C([2H])C([2H])([2H])CCCC/C=C/C=C\CCCCCCCC(=O)OC. The van der Waals surface area contributed by atoms with Crippen LogP contribution in [0.25, 0.3) is 0 Å². The highest BCUT2D eigenvalue weighted by molar-refractivity contribution is 5.68. The highest BCUT2D eigenvalue weighted by Gasteiger charge is 1.98. The van der Waals surface area contributed by atoms with Crippen LogP contribution in [0.5, 0.6) is 0 Å². The molecule has 0 saturated heterocycles. The Bertz CT molecular complexity index is 393. The van der Waals surface area contributed by atoms with Crippen LogP contribution in [0.3, 0.4) is 0 Å². The molecule has 0 unspecified atom stereocenters. The Morgan fingerprint density at radius 1 is 0.952 bits per heavy atom. The van der Waals surface area contributed by atoms with Gasteiger partial charge in [-0.2, -0.15) is 0 Å². The van der Waals surface area contributed by atoms with Gasteiger partial charge in [-0.1, -0.05) is 69.7 Å². The Kier molecular flexibility index (Phi) is 11.0. The third-order valence-electron chi connectivity index (χ3n) is 3.30. The molecule has 0 amide bonds. The van der Waals surface area contributed by atoms with Crippen LogP contribution in [-0.2, 0) is 9.53 Å². The molecule has 0 heterocycles. The van der Waals surface area contributed by atoms with Crippen LogP contribution in [0.4, 0.5) is 0 Å². The lowest BCUT2D eigenvalue weighted by Crippen LogP contribution is -1.98. The van der Waals surface area contributed by atoms with Crippen LogP contribution in [0, 0.1) is 0 Å². The van der Waals surface area contributed by atoms with Gasteiger partial charge in [0.1, 0.15) is 0 Å². The van der Waals surface area contributed by atoms with Gasteiger partial charge in [0.25, 0.3) is 0 Å². The fourth-order valence-electron chi connectivity index (χ4n) is 2.00. The van der Waals surface area contributed by atoms with E-state index in [1.165, 1.54) is 20.0 Å². The molecule has 0 N–H and O–H groups in total. The van der Waals surface area contributed by atoms with Gasteiger partial charge in [0.15, 0.2) is 0 Å². The molecule has 0 aliphatic rings. The smallest absolute Gasteiger partial charge is 0.305 e. The predicted molar refractivity (Wildman–Crippen MR) is 91.4 cm³/mol. The summed E-state index contributed by atoms with van der Waals surface area (Å²) < 4.78 is 33.9. The predicted octanol–water partition coefficient (Wildman–Crippen LogP) is 5.97. The van der Waals surface area contributed by atoms with E-state index in [4.69, 9.17) is 5.48 Å². The molecule has 2 heteroatoms. The fourth-order valence-corrected chi connectivity index (χ4v) is 2.00. The van der Waals surface area contributed by atoms with Crippen molar-refractivity contribution < 1.29 is 15.0 Å². The number of hydrogen-bond acceptors (Lipinski definition) is 2. The second-order valence-electron chi connectivity index (χ2n) is 5.19. The summed E-state index contributed by atoms with van der Waals surface area (Å²) in [6.45, 7) is -1.40. The molecule has 0 atom stereocenters. The topological polar surface area (TPSA) is 26.3 Å². The van der Waals surface area contributed by atoms with Crippen LogP contribution >= 0.6 is 0 Å². The average Bonchev–Trinajstić information content (AvgIpc) is 2.57. The van der Waals surface area contributed by atoms with Crippen molar-refractivity contribution in [2.75, 3.05) is 7.11 Å². The van der Waals surface area contributed by atoms with E-state index in [0.717, 1.165) is 38.5 Å². The number of unbranched alkanes of at least 4 members (excludes halogenated alkanes) is 7. The number of allylic oxidation sites excluding steroid dienone is 4. The zero-order chi connectivity index (χ0) is 19.0. The van der Waals surface area contributed by atoms with Gasteiger partial charge < -0.3 is 4.74 Å². The van der Waals surface area contributed by atoms with Crippen LogP contribution in [0.15, 0.2) is 24.3 Å². The van der Waals surface area contributed by atoms with Crippen LogP contribution in [0.2, 0.25) is 0 Å². The summed E-state index contributed by atoms with van der Waals surface area (Å²) in [6.07, 6.45) is 16.5. The number of ether oxygens (including phenoxy) is 1. The molecule has 0 rings (SSSR count). The Balaban J connectivity index is 3.42. The molecule has 0 aliphatic heterocycles. The first-order chi connectivity index (χ1) is 11.9. The van der Waals surface area contributed by atoms with Crippen LogP contribution in [0.1, 0.15) is 89.4 Å². The Morgan fingerprint density at radius 3 is 2.14 bits per heavy atom. The second-order valence-corrected chi connectivity index (χ2v) is 5.19. The van der Waals surface area contributed by atoms with E-state index in [0.29, 0.717) is 12.8 Å². The Labute approximate surface area is 137 Å². The summed E-state index contributed by atoms with van der Waals surface area (Å²) in [5, 5.41) is 0. The maximum atomic E-state index is 10.9. The van der Waals surface area contributed by atoms with Crippen molar-refractivity contribution in [3.63, 3.8) is 0 Å². The van der Waals surface area contributed by atoms with Gasteiger partial charge >= 0.3 is 5.97 Å². The van der Waals surface area contributed by atoms with Crippen LogP contribution in [-0.4, -0.2) is 13.1 Å². The Hall–Kier alpha value is -1.05. The largest absolute Gasteiger partial charge is 0.469 e. The summed E-state index contributed by atoms with van der Waals surface area (Å²) in [6, 6.07) is 0. The van der Waals surface area contributed by atoms with Crippen molar-refractivity contribution in [3.05, 3.63) is 24.3 Å². The van der Waals surface area contributed by atoms with Crippen molar-refractivity contribution in [3.8, 4) is 0 Å². The summed E-state index contributed by atoms with van der Waals surface area (Å²) in [4.78, 5) is 10.9. The summed E-state index contributed by atoms with van der Waals surface area (Å²) in [5.74, 6) is -0.120. The molecular weight excluding hydrogens is 260 g/mol. The lowest BCUT2D eigenvalue weighted by Gasteiger charge is -1.99. The number of rotatable bonds is 14. The highest BCUT2D eigenvalue weighted by atomic mass is 16.5. The molecule has 0 aromatic carbocycles. The zero-order valence-electron chi connectivity index (χ0n) is 17.5. The van der Waals surface area contributed by atoms with E-state index in [2.05, 4.69) is 23.0 Å². The van der Waals surface area contributed by atoms with Crippen molar-refractivity contribution in [2.24, 2.45) is 0 Å². The molecule has 0 aromatic heterocycles. The van der Waals surface area contributed by atoms with E-state index in [1.54, 1.807) is 0 Å². The molecular formula is C19H34O2. The first-order valence-electron chi connectivity index (χ1n) is 10.3. The van der Waals surface area contributed by atoms with Gasteiger partial charge in [0.05, 0.1) is 7.11 Å². The molecule has 122 valence electrons. The Morgan fingerprint density at radius 2 is 1.52 bits per heavy atom. The van der Waals surface area contributed by atoms with E-state index in [1.807, 2.05) is 6.08 Å². The number of carbonyl (C=O) groups is 1. The maximum Gasteiger partial charge on any atom is 0.305 e. The number of carbonyl (C=O) groups excluding carboxylic acids is 1. The highest BCUT2D eigenvalue weighted by Crippen LogP contribution is 2.08. The van der Waals surface area contributed by atoms with Gasteiger partial charge in [-0.25, -0.2) is 0 Å². The van der Waals surface area contributed by atoms with Gasteiger partial charge in [0, 0.05) is 11.9 Å². The number of methoxy groups -OCH3 is 1. The number of esters is 1. The molecule has 0 aromatic rings. The molecule has 0 radical (unpaired) electrons. The lowest BCUT2D eigenvalue weighted by atomic mass is 10.1. The monoisotopic (exact) mass is 298 g/mol. The molecule has 0 bridgehead atoms. The van der Waals surface area contributed by atoms with E-state index in [9.17, 15) is 4.79 Å². The molecule has 0 fully saturated rings. The van der Waals surface area contributed by atoms with E-state index in [-0.39, 0.29) is 12.4 Å². The van der Waals surface area contributed by atoms with Crippen molar-refractivity contribution in [1.82, 2.24) is 0 Å². The third-order valence-corrected chi connectivity index (χ3v) is 3.30. The standard InChI is InChI=1S/C19H34O2/c1-3-4-5-6-7-8-9-10-11-12-13-14-15-16-17-18-19(20)21-2/h8-11H,3-7,12-18H2,1-2H3/b9-8+,11-10-/i1D2,3D2. The molecule has 2 nitrogen and oxygen atoms in total. The molecule has 0 aliphatic carbocycles. The second kappa shape index (κ2) is 17.0. The fraction of sp³-hybridized carbons (Fsp3) is 0.737. The molecule has 0 saturated carbocycles. The first kappa shape index (κ1) is 13.6. The maximum absolute atomic E-state index is 10.9. The minimum Gasteiger partial charge on any atom is -0.469 e. The van der Waals surface area contributed by atoms with Gasteiger partial charge in [0.2, 0.25) is 0 Å². The van der Waals surface area contributed by atoms with Crippen molar-refractivity contribution >= 4 is 5.97 Å². The quantitative estimate of drug-likeness (QED) is 0.224. The van der Waals surface area contributed by atoms with E-state index < -0.39 is 13.2 Å². The van der Waals surface area contributed by atoms with Gasteiger partial charge in [-0.15, -0.1) is 0 Å². The number of hydrogen-bond donors (Lipinski definition) is 0. The van der Waals surface area contributed by atoms with Gasteiger partial charge in [-0.3, -0.25) is 4.79 Å². The minimum atomic E-state index is -1.69. The normalized spacial score (nSPS) is 15.1. The average molecular weight is 299 g/mol. The molecule has 21 heavy (non-hydrogen) atoms. The molecule has 0 spiro atoms. The van der Waals surface area contributed by atoms with Crippen molar-refractivity contribution in [1.29, 1.82) is 0 Å². The minimum absolute atomic E-state index is 0.120. The lowest BCUT2D eigenvalue weighted by molar-refractivity contribution is -0.140. The van der Waals surface area contributed by atoms with Crippen LogP contribution < -0.4 is 0 Å². The summed E-state index contributed by atoms with van der Waals surface area (Å²) in [7, 11) is 1.43. The van der Waals surface area contributed by atoms with Crippen molar-refractivity contribution in [2.45, 2.75) is 83.9 Å². The first-order valence-corrected chi connectivity index (χ1v) is 8.13. The summed E-state index contributed by atoms with van der Waals surface area (Å²) in [5.41, 5.74) is 0. The zero-order valence-corrected chi connectivity index (χ0v) is 13.5. The third kappa shape index (κ3) is 16.9. The summed E-state index contributed by atoms with van der Waals surface area (Å²) >= 11 is 0. The van der Waals surface area contributed by atoms with Gasteiger partial charge in [-0.05, 0) is 32.1 Å². The van der Waals surface area contributed by atoms with E-state index >= 15 is 0 Å².